The van der Waals surface area contributed by atoms with Crippen LogP contribution < -0.4 is 5.32 Å². The van der Waals surface area contributed by atoms with E-state index in [0.717, 1.165) is 24.4 Å². The van der Waals surface area contributed by atoms with Gasteiger partial charge in [-0.1, -0.05) is 24.3 Å². The van der Waals surface area contributed by atoms with Crippen LogP contribution in [-0.4, -0.2) is 30.6 Å². The van der Waals surface area contributed by atoms with Gasteiger partial charge >= 0.3 is 0 Å². The zero-order valence-corrected chi connectivity index (χ0v) is 12.4. The summed E-state index contributed by atoms with van der Waals surface area (Å²) in [6, 6.07) is 9.79. The number of nitrogens with zero attached hydrogens (tertiary/aromatic N) is 1. The molecule has 2 saturated carbocycles. The lowest BCUT2D eigenvalue weighted by atomic mass is 10.00. The van der Waals surface area contributed by atoms with Crippen LogP contribution in [0.1, 0.15) is 36.8 Å². The molecular weight excluding hydrogens is 244 g/mol. The van der Waals surface area contributed by atoms with Crippen molar-refractivity contribution >= 4 is 0 Å². The molecule has 20 heavy (non-hydrogen) atoms. The maximum Gasteiger partial charge on any atom is 0.0237 e. The van der Waals surface area contributed by atoms with E-state index < -0.39 is 0 Å². The molecule has 1 N–H and O–H groups in total. The summed E-state index contributed by atoms with van der Waals surface area (Å²) in [6.45, 7) is 4.77. The Labute approximate surface area is 122 Å². The predicted molar refractivity (Wildman–Crippen MR) is 82.7 cm³/mol. The Bertz CT molecular complexity index is 450. The van der Waals surface area contributed by atoms with Gasteiger partial charge in [0.1, 0.15) is 0 Å². The van der Waals surface area contributed by atoms with Gasteiger partial charge < -0.3 is 5.32 Å². The Morgan fingerprint density at radius 3 is 2.45 bits per heavy atom. The van der Waals surface area contributed by atoms with Gasteiger partial charge in [0.15, 0.2) is 0 Å². The van der Waals surface area contributed by atoms with Gasteiger partial charge in [0.25, 0.3) is 0 Å². The van der Waals surface area contributed by atoms with Crippen molar-refractivity contribution in [3.63, 3.8) is 0 Å². The fourth-order valence-electron chi connectivity index (χ4n) is 3.76. The van der Waals surface area contributed by atoms with Crippen LogP contribution in [0.25, 0.3) is 0 Å². The summed E-state index contributed by atoms with van der Waals surface area (Å²) in [5.41, 5.74) is 3.10. The van der Waals surface area contributed by atoms with Gasteiger partial charge in [0.05, 0.1) is 0 Å². The Morgan fingerprint density at radius 1 is 1.05 bits per heavy atom. The first kappa shape index (κ1) is 12.8. The summed E-state index contributed by atoms with van der Waals surface area (Å²) in [7, 11) is 0. The number of rotatable bonds is 6. The van der Waals surface area contributed by atoms with Crippen molar-refractivity contribution in [1.29, 1.82) is 0 Å². The van der Waals surface area contributed by atoms with E-state index in [1.807, 2.05) is 0 Å². The van der Waals surface area contributed by atoms with Crippen LogP contribution >= 0.6 is 0 Å². The van der Waals surface area contributed by atoms with Gasteiger partial charge in [0.2, 0.25) is 0 Å². The zero-order chi connectivity index (χ0) is 13.4. The van der Waals surface area contributed by atoms with E-state index in [-0.39, 0.29) is 0 Å². The summed E-state index contributed by atoms with van der Waals surface area (Å²) < 4.78 is 0. The summed E-state index contributed by atoms with van der Waals surface area (Å²) >= 11 is 0. The van der Waals surface area contributed by atoms with Crippen molar-refractivity contribution < 1.29 is 0 Å². The molecule has 0 bridgehead atoms. The minimum atomic E-state index is 0.854. The highest BCUT2D eigenvalue weighted by atomic mass is 15.1. The Hall–Kier alpha value is -0.860. The Kier molecular flexibility index (Phi) is 3.53. The van der Waals surface area contributed by atoms with Crippen molar-refractivity contribution in [3.8, 4) is 0 Å². The number of hydrogen-bond acceptors (Lipinski definition) is 2. The SMILES string of the molecule is c1ccc2c(c1)CCN(CCNC(C1CC1)C1CC1)C2. The second kappa shape index (κ2) is 5.50. The van der Waals surface area contributed by atoms with Crippen molar-refractivity contribution in [2.45, 2.75) is 44.7 Å². The molecular formula is C18H26N2. The normalized spacial score (nSPS) is 23.1. The lowest BCUT2D eigenvalue weighted by Crippen LogP contribution is -2.41. The van der Waals surface area contributed by atoms with E-state index in [1.165, 1.54) is 51.7 Å². The van der Waals surface area contributed by atoms with E-state index in [9.17, 15) is 0 Å². The molecule has 1 aromatic carbocycles. The lowest BCUT2D eigenvalue weighted by Gasteiger charge is -2.29. The summed E-state index contributed by atoms with van der Waals surface area (Å²) in [5.74, 6) is 2.04. The highest BCUT2D eigenvalue weighted by Gasteiger charge is 2.40. The third-order valence-corrected chi connectivity index (χ3v) is 5.28. The average molecular weight is 270 g/mol. The second-order valence-electron chi connectivity index (χ2n) is 6.95. The van der Waals surface area contributed by atoms with Crippen molar-refractivity contribution in [3.05, 3.63) is 35.4 Å². The Morgan fingerprint density at radius 2 is 1.75 bits per heavy atom. The molecule has 0 amide bonds. The highest BCUT2D eigenvalue weighted by molar-refractivity contribution is 5.29. The maximum absolute atomic E-state index is 3.87. The van der Waals surface area contributed by atoms with Crippen LogP contribution in [0.15, 0.2) is 24.3 Å². The van der Waals surface area contributed by atoms with E-state index in [2.05, 4.69) is 34.5 Å². The fraction of sp³-hybridized carbons (Fsp3) is 0.667. The highest BCUT2D eigenvalue weighted by Crippen LogP contribution is 2.44. The van der Waals surface area contributed by atoms with Gasteiger partial charge in [-0.3, -0.25) is 4.90 Å². The van der Waals surface area contributed by atoms with E-state index in [0.29, 0.717) is 0 Å². The predicted octanol–water partition coefficient (Wildman–Crippen LogP) is 2.82. The van der Waals surface area contributed by atoms with Gasteiger partial charge in [-0.05, 0) is 55.1 Å². The molecule has 2 aliphatic carbocycles. The molecule has 0 radical (unpaired) electrons. The Balaban J connectivity index is 1.26. The van der Waals surface area contributed by atoms with E-state index in [1.54, 1.807) is 11.1 Å². The molecule has 2 nitrogen and oxygen atoms in total. The van der Waals surface area contributed by atoms with Gasteiger partial charge in [-0.25, -0.2) is 0 Å². The number of fused-ring (bicyclic) bond motifs is 1. The quantitative estimate of drug-likeness (QED) is 0.855. The first-order chi connectivity index (χ1) is 9.90. The monoisotopic (exact) mass is 270 g/mol. The molecule has 4 rings (SSSR count). The minimum Gasteiger partial charge on any atom is -0.312 e. The van der Waals surface area contributed by atoms with E-state index >= 15 is 0 Å². The maximum atomic E-state index is 3.87. The smallest absolute Gasteiger partial charge is 0.0237 e. The molecule has 0 spiro atoms. The van der Waals surface area contributed by atoms with Crippen LogP contribution in [0.2, 0.25) is 0 Å². The van der Waals surface area contributed by atoms with Crippen LogP contribution in [0.5, 0.6) is 0 Å². The standard InChI is InChI=1S/C18H26N2/c1-2-4-17-13-20(11-9-14(17)3-1)12-10-19-18(15-5-6-15)16-7-8-16/h1-4,15-16,18-19H,5-13H2. The lowest BCUT2D eigenvalue weighted by molar-refractivity contribution is 0.245. The van der Waals surface area contributed by atoms with Crippen molar-refractivity contribution in [2.24, 2.45) is 11.8 Å². The first-order valence-corrected chi connectivity index (χ1v) is 8.43. The molecule has 1 aromatic rings. The molecule has 0 unspecified atom stereocenters. The largest absolute Gasteiger partial charge is 0.312 e. The van der Waals surface area contributed by atoms with Gasteiger partial charge in [-0.15, -0.1) is 0 Å². The molecule has 108 valence electrons. The molecule has 1 aliphatic heterocycles. The topological polar surface area (TPSA) is 15.3 Å². The zero-order valence-electron chi connectivity index (χ0n) is 12.4. The summed E-state index contributed by atoms with van der Waals surface area (Å²) in [4.78, 5) is 2.62. The third-order valence-electron chi connectivity index (χ3n) is 5.28. The number of hydrogen-bond donors (Lipinski definition) is 1. The molecule has 1 heterocycles. The second-order valence-corrected chi connectivity index (χ2v) is 6.95. The number of benzene rings is 1. The summed E-state index contributed by atoms with van der Waals surface area (Å²) in [6.07, 6.45) is 7.14. The first-order valence-electron chi connectivity index (χ1n) is 8.43. The van der Waals surface area contributed by atoms with Crippen LogP contribution in [0.4, 0.5) is 0 Å². The molecule has 0 aromatic heterocycles. The summed E-state index contributed by atoms with van der Waals surface area (Å²) in [5, 5.41) is 3.87. The van der Waals surface area contributed by atoms with Crippen LogP contribution in [-0.2, 0) is 13.0 Å². The van der Waals surface area contributed by atoms with Crippen LogP contribution in [0.3, 0.4) is 0 Å². The minimum absolute atomic E-state index is 0.854. The van der Waals surface area contributed by atoms with Crippen molar-refractivity contribution in [2.75, 3.05) is 19.6 Å². The number of nitrogens with one attached hydrogen (secondary N) is 1. The third kappa shape index (κ3) is 2.91. The molecule has 0 saturated heterocycles. The molecule has 3 aliphatic rings. The fourth-order valence-corrected chi connectivity index (χ4v) is 3.76. The van der Waals surface area contributed by atoms with Gasteiger partial charge in [0, 0.05) is 32.2 Å². The van der Waals surface area contributed by atoms with Crippen molar-refractivity contribution in [1.82, 2.24) is 10.2 Å². The molecule has 2 heteroatoms. The van der Waals surface area contributed by atoms with Gasteiger partial charge in [-0.2, -0.15) is 0 Å². The van der Waals surface area contributed by atoms with E-state index in [4.69, 9.17) is 0 Å². The molecule has 2 fully saturated rings. The average Bonchev–Trinajstić information content (AvgIpc) is 3.37. The van der Waals surface area contributed by atoms with Crippen LogP contribution in [0, 0.1) is 11.8 Å². The molecule has 0 atom stereocenters.